The minimum Gasteiger partial charge on any atom is -0.497 e. The zero-order valence-electron chi connectivity index (χ0n) is 10.5. The van der Waals surface area contributed by atoms with Crippen LogP contribution in [0.3, 0.4) is 0 Å². The van der Waals surface area contributed by atoms with Gasteiger partial charge < -0.3 is 10.1 Å². The molecule has 1 aliphatic rings. The lowest BCUT2D eigenvalue weighted by molar-refractivity contribution is 0.407. The van der Waals surface area contributed by atoms with Gasteiger partial charge in [-0.1, -0.05) is 12.1 Å². The second kappa shape index (κ2) is 4.53. The Morgan fingerprint density at radius 3 is 2.53 bits per heavy atom. The van der Waals surface area contributed by atoms with Crippen molar-refractivity contribution in [3.8, 4) is 16.9 Å². The molecule has 1 heterocycles. The van der Waals surface area contributed by atoms with E-state index >= 15 is 0 Å². The smallest absolute Gasteiger partial charge is 0.137 e. The van der Waals surface area contributed by atoms with Gasteiger partial charge in [0.15, 0.2) is 0 Å². The maximum absolute atomic E-state index is 14.0. The summed E-state index contributed by atoms with van der Waals surface area (Å²) in [5, 5.41) is 3.20. The van der Waals surface area contributed by atoms with Crippen molar-refractivity contribution in [2.24, 2.45) is 0 Å². The molecule has 2 aromatic carbocycles. The average molecular weight is 261 g/mol. The van der Waals surface area contributed by atoms with Crippen molar-refractivity contribution >= 4 is 5.69 Å². The van der Waals surface area contributed by atoms with Crippen LogP contribution < -0.4 is 10.1 Å². The topological polar surface area (TPSA) is 21.3 Å². The molecule has 1 N–H and O–H groups in total. The van der Waals surface area contributed by atoms with Crippen LogP contribution in [0.2, 0.25) is 0 Å². The second-order valence-electron chi connectivity index (χ2n) is 4.51. The molecule has 0 amide bonds. The van der Waals surface area contributed by atoms with Crippen molar-refractivity contribution in [2.45, 2.75) is 6.42 Å². The fraction of sp³-hybridized carbons (Fsp3) is 0.200. The Balaban J connectivity index is 2.12. The predicted molar refractivity (Wildman–Crippen MR) is 70.5 cm³/mol. The summed E-state index contributed by atoms with van der Waals surface area (Å²) in [5.74, 6) is -1.05. The summed E-state index contributed by atoms with van der Waals surface area (Å²) in [6, 6.07) is 7.84. The van der Waals surface area contributed by atoms with Crippen LogP contribution in [0.5, 0.6) is 5.75 Å². The molecule has 2 aromatic rings. The maximum Gasteiger partial charge on any atom is 0.137 e. The van der Waals surface area contributed by atoms with Crippen molar-refractivity contribution in [1.29, 1.82) is 0 Å². The quantitative estimate of drug-likeness (QED) is 0.891. The molecular weight excluding hydrogens is 248 g/mol. The molecule has 4 heteroatoms. The van der Waals surface area contributed by atoms with Gasteiger partial charge in [0.1, 0.15) is 17.4 Å². The van der Waals surface area contributed by atoms with Gasteiger partial charge in [-0.3, -0.25) is 0 Å². The van der Waals surface area contributed by atoms with Crippen molar-refractivity contribution in [1.82, 2.24) is 0 Å². The SMILES string of the molecule is COc1cc(F)c(-c2ccc3c(c2)NCC3)c(F)c1. The number of anilines is 1. The molecule has 0 aliphatic carbocycles. The number of hydrogen-bond acceptors (Lipinski definition) is 2. The molecule has 0 saturated heterocycles. The van der Waals surface area contributed by atoms with Crippen molar-refractivity contribution in [3.63, 3.8) is 0 Å². The third kappa shape index (κ3) is 2.03. The molecule has 0 unspecified atom stereocenters. The Kier molecular flexibility index (Phi) is 2.85. The molecule has 0 saturated carbocycles. The summed E-state index contributed by atoms with van der Waals surface area (Å²) in [6.07, 6.45) is 0.948. The minimum absolute atomic E-state index is 0.0164. The summed E-state index contributed by atoms with van der Waals surface area (Å²) in [4.78, 5) is 0. The first-order valence-corrected chi connectivity index (χ1v) is 6.09. The largest absolute Gasteiger partial charge is 0.497 e. The van der Waals surface area contributed by atoms with Crippen LogP contribution in [-0.4, -0.2) is 13.7 Å². The van der Waals surface area contributed by atoms with Crippen LogP contribution in [0, 0.1) is 11.6 Å². The maximum atomic E-state index is 14.0. The Labute approximate surface area is 110 Å². The highest BCUT2D eigenvalue weighted by molar-refractivity contribution is 5.72. The molecule has 0 spiro atoms. The van der Waals surface area contributed by atoms with Crippen LogP contribution in [0.15, 0.2) is 30.3 Å². The summed E-state index contributed by atoms with van der Waals surface area (Å²) >= 11 is 0. The van der Waals surface area contributed by atoms with Gasteiger partial charge in [-0.25, -0.2) is 8.78 Å². The highest BCUT2D eigenvalue weighted by Gasteiger charge is 2.16. The fourth-order valence-corrected chi connectivity index (χ4v) is 2.39. The molecule has 0 bridgehead atoms. The summed E-state index contributed by atoms with van der Waals surface area (Å²) in [5.41, 5.74) is 2.65. The molecule has 0 fully saturated rings. The molecule has 19 heavy (non-hydrogen) atoms. The van der Waals surface area contributed by atoms with E-state index in [1.165, 1.54) is 24.8 Å². The number of benzene rings is 2. The van der Waals surface area contributed by atoms with Crippen molar-refractivity contribution in [3.05, 3.63) is 47.5 Å². The van der Waals surface area contributed by atoms with E-state index in [1.807, 2.05) is 6.07 Å². The van der Waals surface area contributed by atoms with E-state index in [-0.39, 0.29) is 11.3 Å². The summed E-state index contributed by atoms with van der Waals surface area (Å²) < 4.78 is 32.8. The van der Waals surface area contributed by atoms with E-state index in [0.717, 1.165) is 18.7 Å². The minimum atomic E-state index is -0.616. The van der Waals surface area contributed by atoms with Gasteiger partial charge in [0.05, 0.1) is 12.7 Å². The lowest BCUT2D eigenvalue weighted by Gasteiger charge is -2.09. The normalized spacial score (nSPS) is 13.0. The molecule has 2 nitrogen and oxygen atoms in total. The first kappa shape index (κ1) is 12.0. The number of rotatable bonds is 2. The third-order valence-corrected chi connectivity index (χ3v) is 3.36. The van der Waals surface area contributed by atoms with Crippen molar-refractivity contribution in [2.75, 3.05) is 19.0 Å². The Bertz CT molecular complexity index is 617. The van der Waals surface area contributed by atoms with E-state index in [4.69, 9.17) is 4.74 Å². The first-order chi connectivity index (χ1) is 9.19. The molecular formula is C15H13F2NO. The predicted octanol–water partition coefficient (Wildman–Crippen LogP) is 3.61. The molecule has 1 aliphatic heterocycles. The van der Waals surface area contributed by atoms with Crippen LogP contribution in [0.25, 0.3) is 11.1 Å². The number of nitrogens with one attached hydrogen (secondary N) is 1. The summed E-state index contributed by atoms with van der Waals surface area (Å²) in [6.45, 7) is 0.867. The van der Waals surface area contributed by atoms with E-state index in [9.17, 15) is 8.78 Å². The molecule has 0 atom stereocenters. The van der Waals surface area contributed by atoms with Crippen LogP contribution in [0.1, 0.15) is 5.56 Å². The van der Waals surface area contributed by atoms with Gasteiger partial charge in [-0.15, -0.1) is 0 Å². The highest BCUT2D eigenvalue weighted by atomic mass is 19.1. The standard InChI is InChI=1S/C15H13F2NO/c1-19-11-7-12(16)15(13(17)8-11)10-3-2-9-4-5-18-14(9)6-10/h2-3,6-8,18H,4-5H2,1H3. The molecule has 98 valence electrons. The number of methoxy groups -OCH3 is 1. The van der Waals surface area contributed by atoms with Gasteiger partial charge in [0.25, 0.3) is 0 Å². The highest BCUT2D eigenvalue weighted by Crippen LogP contribution is 2.33. The Morgan fingerprint density at radius 2 is 1.84 bits per heavy atom. The lowest BCUT2D eigenvalue weighted by Crippen LogP contribution is -1.94. The molecule has 0 radical (unpaired) electrons. The average Bonchev–Trinajstić information content (AvgIpc) is 2.85. The van der Waals surface area contributed by atoms with E-state index in [2.05, 4.69) is 5.32 Å². The van der Waals surface area contributed by atoms with Crippen LogP contribution in [0.4, 0.5) is 14.5 Å². The number of halogens is 2. The second-order valence-corrected chi connectivity index (χ2v) is 4.51. The zero-order chi connectivity index (χ0) is 13.4. The van der Waals surface area contributed by atoms with Gasteiger partial charge in [-0.05, 0) is 23.6 Å². The Hall–Kier alpha value is -2.10. The first-order valence-electron chi connectivity index (χ1n) is 6.09. The molecule has 3 rings (SSSR count). The third-order valence-electron chi connectivity index (χ3n) is 3.36. The monoisotopic (exact) mass is 261 g/mol. The Morgan fingerprint density at radius 1 is 1.11 bits per heavy atom. The van der Waals surface area contributed by atoms with Crippen molar-refractivity contribution < 1.29 is 13.5 Å². The van der Waals surface area contributed by atoms with Gasteiger partial charge in [-0.2, -0.15) is 0 Å². The number of fused-ring (bicyclic) bond motifs is 1. The zero-order valence-corrected chi connectivity index (χ0v) is 10.5. The van der Waals surface area contributed by atoms with E-state index in [1.54, 1.807) is 12.1 Å². The summed E-state index contributed by atoms with van der Waals surface area (Å²) in [7, 11) is 1.38. The number of hydrogen-bond donors (Lipinski definition) is 1. The molecule has 0 aromatic heterocycles. The van der Waals surface area contributed by atoms with Crippen LogP contribution in [-0.2, 0) is 6.42 Å². The number of ether oxygens (including phenoxy) is 1. The van der Waals surface area contributed by atoms with E-state index in [0.29, 0.717) is 5.56 Å². The van der Waals surface area contributed by atoms with Crippen LogP contribution >= 0.6 is 0 Å². The van der Waals surface area contributed by atoms with Gasteiger partial charge in [0, 0.05) is 24.4 Å². The fourth-order valence-electron chi connectivity index (χ4n) is 2.39. The van der Waals surface area contributed by atoms with Gasteiger partial charge >= 0.3 is 0 Å². The van der Waals surface area contributed by atoms with Gasteiger partial charge in [0.2, 0.25) is 0 Å². The van der Waals surface area contributed by atoms with E-state index < -0.39 is 11.6 Å². The lowest BCUT2D eigenvalue weighted by atomic mass is 10.0.